The van der Waals surface area contributed by atoms with E-state index in [1.165, 1.54) is 18.5 Å². The van der Waals surface area contributed by atoms with Crippen molar-refractivity contribution >= 4 is 6.03 Å². The van der Waals surface area contributed by atoms with E-state index in [0.29, 0.717) is 25.7 Å². The molecule has 0 spiro atoms. The molecule has 0 bridgehead atoms. The summed E-state index contributed by atoms with van der Waals surface area (Å²) in [5.74, 6) is 1.07. The number of imidazole rings is 1. The maximum Gasteiger partial charge on any atom is 0.314 e. The van der Waals surface area contributed by atoms with Crippen LogP contribution in [0.2, 0.25) is 0 Å². The van der Waals surface area contributed by atoms with Crippen molar-refractivity contribution in [3.63, 3.8) is 0 Å². The third-order valence-corrected chi connectivity index (χ3v) is 3.42. The van der Waals surface area contributed by atoms with Gasteiger partial charge in [-0.05, 0) is 26.2 Å². The van der Waals surface area contributed by atoms with Crippen LogP contribution in [0.25, 0.3) is 0 Å². The Kier molecular flexibility index (Phi) is 5.40. The molecular formula is C14H24N4O2. The summed E-state index contributed by atoms with van der Waals surface area (Å²) >= 11 is 0. The van der Waals surface area contributed by atoms with Gasteiger partial charge in [0.1, 0.15) is 5.82 Å². The van der Waals surface area contributed by atoms with E-state index in [1.807, 2.05) is 6.20 Å². The van der Waals surface area contributed by atoms with Crippen LogP contribution in [0, 0.1) is 6.92 Å². The Hall–Kier alpha value is -1.56. The van der Waals surface area contributed by atoms with Crippen LogP contribution in [-0.2, 0) is 11.2 Å². The molecule has 1 saturated carbocycles. The second-order valence-corrected chi connectivity index (χ2v) is 5.20. The fourth-order valence-electron chi connectivity index (χ4n) is 2.28. The third kappa shape index (κ3) is 4.23. The second-order valence-electron chi connectivity index (χ2n) is 5.20. The Labute approximate surface area is 119 Å². The van der Waals surface area contributed by atoms with E-state index in [2.05, 4.69) is 27.1 Å². The highest BCUT2D eigenvalue weighted by Gasteiger charge is 2.26. The number of nitrogens with one attached hydrogen (secondary N) is 2. The summed E-state index contributed by atoms with van der Waals surface area (Å²) in [5.41, 5.74) is 1.21. The minimum Gasteiger partial charge on any atom is -0.385 e. The van der Waals surface area contributed by atoms with Gasteiger partial charge in [-0.3, -0.25) is 0 Å². The van der Waals surface area contributed by atoms with E-state index < -0.39 is 0 Å². The maximum absolute atomic E-state index is 11.5. The Bertz CT molecular complexity index is 440. The van der Waals surface area contributed by atoms with Crippen LogP contribution >= 0.6 is 0 Å². The maximum atomic E-state index is 11.5. The fourth-order valence-corrected chi connectivity index (χ4v) is 2.28. The lowest BCUT2D eigenvalue weighted by Crippen LogP contribution is -2.37. The third-order valence-electron chi connectivity index (χ3n) is 3.42. The van der Waals surface area contributed by atoms with Crippen LogP contribution in [0.4, 0.5) is 4.79 Å². The van der Waals surface area contributed by atoms with E-state index >= 15 is 0 Å². The van der Waals surface area contributed by atoms with Crippen molar-refractivity contribution in [2.75, 3.05) is 26.8 Å². The van der Waals surface area contributed by atoms with Crippen LogP contribution in [0.15, 0.2) is 6.20 Å². The number of carbonyl (C=O) groups is 1. The van der Waals surface area contributed by atoms with Crippen molar-refractivity contribution in [2.24, 2.45) is 0 Å². The highest BCUT2D eigenvalue weighted by atomic mass is 16.5. The van der Waals surface area contributed by atoms with Crippen LogP contribution < -0.4 is 10.6 Å². The molecular weight excluding hydrogens is 256 g/mol. The van der Waals surface area contributed by atoms with Gasteiger partial charge in [0.15, 0.2) is 0 Å². The first kappa shape index (κ1) is 14.8. The lowest BCUT2D eigenvalue weighted by Gasteiger charge is -2.10. The molecule has 0 radical (unpaired) electrons. The van der Waals surface area contributed by atoms with Crippen LogP contribution in [0.1, 0.15) is 36.8 Å². The van der Waals surface area contributed by atoms with Crippen molar-refractivity contribution < 1.29 is 9.53 Å². The van der Waals surface area contributed by atoms with Gasteiger partial charge < -0.3 is 19.9 Å². The van der Waals surface area contributed by atoms with E-state index in [1.54, 1.807) is 7.11 Å². The Morgan fingerprint density at radius 3 is 2.90 bits per heavy atom. The summed E-state index contributed by atoms with van der Waals surface area (Å²) in [5, 5.41) is 5.66. The van der Waals surface area contributed by atoms with Gasteiger partial charge in [-0.15, -0.1) is 0 Å². The van der Waals surface area contributed by atoms with Gasteiger partial charge in [0, 0.05) is 51.2 Å². The number of aryl methyl sites for hydroxylation is 1. The molecule has 1 aromatic heterocycles. The molecule has 6 nitrogen and oxygen atoms in total. The van der Waals surface area contributed by atoms with Crippen molar-refractivity contribution in [3.05, 3.63) is 17.7 Å². The zero-order valence-corrected chi connectivity index (χ0v) is 12.3. The molecule has 1 aliphatic carbocycles. The standard InChI is InChI=1S/C14H24N4O2/c1-11-10-17-13(18(11)12-4-5-12)6-8-16-14(19)15-7-3-9-20-2/h10,12H,3-9H2,1-2H3,(H2,15,16,19). The van der Waals surface area contributed by atoms with Gasteiger partial charge in [0.25, 0.3) is 0 Å². The average Bonchev–Trinajstić information content (AvgIpc) is 3.20. The number of hydrogen-bond donors (Lipinski definition) is 2. The van der Waals surface area contributed by atoms with Crippen LogP contribution in [0.5, 0.6) is 0 Å². The van der Waals surface area contributed by atoms with Gasteiger partial charge in [-0.25, -0.2) is 9.78 Å². The zero-order valence-electron chi connectivity index (χ0n) is 12.3. The Balaban J connectivity index is 1.67. The Morgan fingerprint density at radius 2 is 2.20 bits per heavy atom. The first-order valence-electron chi connectivity index (χ1n) is 7.25. The summed E-state index contributed by atoms with van der Waals surface area (Å²) in [6.07, 6.45) is 6.01. The number of urea groups is 1. The van der Waals surface area contributed by atoms with E-state index in [4.69, 9.17) is 4.74 Å². The molecule has 0 saturated heterocycles. The average molecular weight is 280 g/mol. The van der Waals surface area contributed by atoms with Crippen molar-refractivity contribution in [1.29, 1.82) is 0 Å². The summed E-state index contributed by atoms with van der Waals surface area (Å²) in [4.78, 5) is 16.0. The van der Waals surface area contributed by atoms with E-state index in [9.17, 15) is 4.79 Å². The van der Waals surface area contributed by atoms with Gasteiger partial charge in [-0.1, -0.05) is 0 Å². The summed E-state index contributed by atoms with van der Waals surface area (Å²) in [7, 11) is 1.66. The molecule has 2 amide bonds. The summed E-state index contributed by atoms with van der Waals surface area (Å²) in [6, 6.07) is 0.512. The number of hydrogen-bond acceptors (Lipinski definition) is 3. The van der Waals surface area contributed by atoms with E-state index in [0.717, 1.165) is 18.7 Å². The highest BCUT2D eigenvalue weighted by molar-refractivity contribution is 5.73. The molecule has 1 aromatic rings. The molecule has 0 aromatic carbocycles. The van der Waals surface area contributed by atoms with Gasteiger partial charge >= 0.3 is 6.03 Å². The summed E-state index contributed by atoms with van der Waals surface area (Å²) in [6.45, 7) is 4.00. The van der Waals surface area contributed by atoms with Crippen molar-refractivity contribution in [2.45, 2.75) is 38.6 Å². The number of rotatable bonds is 8. The first-order valence-corrected chi connectivity index (χ1v) is 7.25. The minimum absolute atomic E-state index is 0.123. The lowest BCUT2D eigenvalue weighted by atomic mass is 10.4. The molecule has 1 heterocycles. The molecule has 2 N–H and O–H groups in total. The highest BCUT2D eigenvalue weighted by Crippen LogP contribution is 2.36. The second kappa shape index (κ2) is 7.28. The molecule has 0 unspecified atom stereocenters. The SMILES string of the molecule is COCCCNC(=O)NCCc1ncc(C)n1C1CC1. The number of aromatic nitrogens is 2. The molecule has 20 heavy (non-hydrogen) atoms. The van der Waals surface area contributed by atoms with Gasteiger partial charge in [0.2, 0.25) is 0 Å². The number of ether oxygens (including phenoxy) is 1. The van der Waals surface area contributed by atoms with Crippen LogP contribution in [-0.4, -0.2) is 42.4 Å². The predicted octanol–water partition coefficient (Wildman–Crippen LogP) is 1.40. The molecule has 112 valence electrons. The van der Waals surface area contributed by atoms with Crippen molar-refractivity contribution in [1.82, 2.24) is 20.2 Å². The first-order chi connectivity index (χ1) is 9.72. The lowest BCUT2D eigenvalue weighted by molar-refractivity contribution is 0.193. The number of nitrogens with zero attached hydrogens (tertiary/aromatic N) is 2. The molecule has 0 atom stereocenters. The summed E-state index contributed by atoms with van der Waals surface area (Å²) < 4.78 is 7.23. The normalized spacial score (nSPS) is 14.3. The number of carbonyl (C=O) groups excluding carboxylic acids is 1. The van der Waals surface area contributed by atoms with Gasteiger partial charge in [-0.2, -0.15) is 0 Å². The predicted molar refractivity (Wildman–Crippen MR) is 76.8 cm³/mol. The fraction of sp³-hybridized carbons (Fsp3) is 0.714. The zero-order chi connectivity index (χ0) is 14.4. The number of amides is 2. The number of methoxy groups -OCH3 is 1. The van der Waals surface area contributed by atoms with Crippen LogP contribution in [0.3, 0.4) is 0 Å². The van der Waals surface area contributed by atoms with E-state index in [-0.39, 0.29) is 6.03 Å². The quantitative estimate of drug-likeness (QED) is 0.707. The minimum atomic E-state index is -0.123. The molecule has 0 aliphatic heterocycles. The Morgan fingerprint density at radius 1 is 1.45 bits per heavy atom. The van der Waals surface area contributed by atoms with Crippen molar-refractivity contribution in [3.8, 4) is 0 Å². The molecule has 1 aliphatic rings. The smallest absolute Gasteiger partial charge is 0.314 e. The topological polar surface area (TPSA) is 68.2 Å². The molecule has 6 heteroatoms. The monoisotopic (exact) mass is 280 g/mol. The largest absolute Gasteiger partial charge is 0.385 e. The van der Waals surface area contributed by atoms with Gasteiger partial charge in [0.05, 0.1) is 0 Å². The molecule has 1 fully saturated rings. The molecule has 2 rings (SSSR count).